The van der Waals surface area contributed by atoms with Crippen LogP contribution in [0.2, 0.25) is 0 Å². The number of carbonyl (C=O) groups is 1. The number of nitrogens with one attached hydrogen (secondary N) is 1. The van der Waals surface area contributed by atoms with Gasteiger partial charge in [0.2, 0.25) is 5.91 Å². The van der Waals surface area contributed by atoms with Crippen LogP contribution in [0.15, 0.2) is 4.79 Å². The average molecular weight is 292 g/mol. The predicted molar refractivity (Wildman–Crippen MR) is 80.8 cm³/mol. The maximum Gasteiger partial charge on any atom is 0.258 e. The quantitative estimate of drug-likeness (QED) is 0.881. The van der Waals surface area contributed by atoms with Crippen molar-refractivity contribution in [2.45, 2.75) is 46.8 Å². The Hall–Kier alpha value is -1.69. The van der Waals surface area contributed by atoms with Crippen LogP contribution in [0.1, 0.15) is 37.9 Å². The third kappa shape index (κ3) is 3.15. The molecule has 1 aliphatic rings. The Bertz CT molecular complexity index is 606. The summed E-state index contributed by atoms with van der Waals surface area (Å²) in [6.07, 6.45) is 0. The summed E-state index contributed by atoms with van der Waals surface area (Å²) in [4.78, 5) is 30.8. The highest BCUT2D eigenvalue weighted by atomic mass is 16.2. The van der Waals surface area contributed by atoms with Crippen molar-refractivity contribution in [1.82, 2.24) is 19.8 Å². The lowest BCUT2D eigenvalue weighted by molar-refractivity contribution is -0.126. The van der Waals surface area contributed by atoms with E-state index in [4.69, 9.17) is 0 Å². The number of rotatable bonds is 4. The van der Waals surface area contributed by atoms with Crippen molar-refractivity contribution in [3.8, 4) is 0 Å². The van der Waals surface area contributed by atoms with Crippen molar-refractivity contribution in [2.75, 3.05) is 6.54 Å². The second-order valence-corrected chi connectivity index (χ2v) is 6.17. The fraction of sp³-hybridized carbons (Fsp3) is 0.667. The van der Waals surface area contributed by atoms with Gasteiger partial charge in [-0.2, -0.15) is 0 Å². The van der Waals surface area contributed by atoms with Gasteiger partial charge < -0.3 is 5.32 Å². The minimum Gasteiger partial charge on any atom is -0.354 e. The lowest BCUT2D eigenvalue weighted by Gasteiger charge is -2.22. The topological polar surface area (TPSA) is 67.2 Å². The van der Waals surface area contributed by atoms with E-state index in [2.05, 4.69) is 24.1 Å². The summed E-state index contributed by atoms with van der Waals surface area (Å²) in [5.74, 6) is 1.14. The average Bonchev–Trinajstić information content (AvgIpc) is 2.85. The van der Waals surface area contributed by atoms with Gasteiger partial charge in [0.05, 0.1) is 17.3 Å². The highest BCUT2D eigenvalue weighted by molar-refractivity contribution is 5.81. The molecule has 1 aromatic rings. The number of hydrogen-bond donors (Lipinski definition) is 1. The molecule has 0 saturated heterocycles. The molecule has 2 heterocycles. The van der Waals surface area contributed by atoms with Crippen molar-refractivity contribution in [2.24, 2.45) is 13.0 Å². The zero-order valence-electron chi connectivity index (χ0n) is 13.4. The van der Waals surface area contributed by atoms with Gasteiger partial charge in [-0.1, -0.05) is 13.8 Å². The number of nitrogens with zero attached hydrogens (tertiary/aromatic N) is 3. The molecule has 1 N–H and O–H groups in total. The number of hydrogen-bond acceptors (Lipinski definition) is 4. The molecule has 1 aliphatic heterocycles. The van der Waals surface area contributed by atoms with E-state index >= 15 is 0 Å². The van der Waals surface area contributed by atoms with Crippen molar-refractivity contribution in [3.05, 3.63) is 27.4 Å². The fourth-order valence-electron chi connectivity index (χ4n) is 2.44. The third-order valence-corrected chi connectivity index (χ3v) is 4.02. The maximum absolute atomic E-state index is 12.2. The normalized spacial score (nSPS) is 16.1. The molecule has 0 unspecified atom stereocenters. The van der Waals surface area contributed by atoms with Gasteiger partial charge in [0.1, 0.15) is 5.82 Å². The van der Waals surface area contributed by atoms with E-state index in [1.165, 1.54) is 0 Å². The zero-order chi connectivity index (χ0) is 15.7. The van der Waals surface area contributed by atoms with Crippen LogP contribution in [0.5, 0.6) is 0 Å². The Balaban J connectivity index is 2.11. The first-order valence-corrected chi connectivity index (χ1v) is 7.38. The van der Waals surface area contributed by atoms with Crippen molar-refractivity contribution in [3.63, 3.8) is 0 Å². The molecule has 0 aliphatic carbocycles. The molecule has 0 radical (unpaired) electrons. The van der Waals surface area contributed by atoms with Gasteiger partial charge in [-0.15, -0.1) is 0 Å². The molecule has 6 heteroatoms. The number of aromatic nitrogens is 2. The Morgan fingerprint density at radius 1 is 1.33 bits per heavy atom. The van der Waals surface area contributed by atoms with Crippen LogP contribution in [0, 0.1) is 12.8 Å². The Kier molecular flexibility index (Phi) is 4.46. The van der Waals surface area contributed by atoms with Gasteiger partial charge >= 0.3 is 0 Å². The summed E-state index contributed by atoms with van der Waals surface area (Å²) in [5, 5.41) is 2.94. The van der Waals surface area contributed by atoms with Gasteiger partial charge in [0, 0.05) is 26.7 Å². The third-order valence-electron chi connectivity index (χ3n) is 4.02. The summed E-state index contributed by atoms with van der Waals surface area (Å²) in [5.41, 5.74) is 1.51. The summed E-state index contributed by atoms with van der Waals surface area (Å²) in [6.45, 7) is 9.54. The SMILES string of the molecule is Cc1nc2c(c(=O)n1C)CN([C@H](C)C(=O)NCC(C)C)C2. The molecule has 0 aromatic carbocycles. The number of carbonyl (C=O) groups excluding carboxylic acids is 1. The minimum atomic E-state index is -0.261. The second-order valence-electron chi connectivity index (χ2n) is 6.17. The summed E-state index contributed by atoms with van der Waals surface area (Å²) in [6, 6.07) is -0.261. The molecule has 21 heavy (non-hydrogen) atoms. The number of fused-ring (bicyclic) bond motifs is 1. The molecule has 0 spiro atoms. The standard InChI is InChI=1S/C15H24N4O2/c1-9(2)6-16-14(20)10(3)19-7-12-13(8-19)17-11(4)18(5)15(12)21/h9-10H,6-8H2,1-5H3,(H,16,20)/t10-/m1/s1. The van der Waals surface area contributed by atoms with E-state index in [9.17, 15) is 9.59 Å². The molecular weight excluding hydrogens is 268 g/mol. The second kappa shape index (κ2) is 5.97. The van der Waals surface area contributed by atoms with E-state index in [0.29, 0.717) is 36.9 Å². The van der Waals surface area contributed by atoms with Crippen molar-refractivity contribution >= 4 is 5.91 Å². The molecule has 6 nitrogen and oxygen atoms in total. The molecule has 0 saturated carbocycles. The first-order chi connectivity index (χ1) is 9.81. The van der Waals surface area contributed by atoms with Gasteiger partial charge in [-0.25, -0.2) is 4.98 Å². The zero-order valence-corrected chi connectivity index (χ0v) is 13.4. The molecule has 0 fully saturated rings. The van der Waals surface area contributed by atoms with Crippen LogP contribution in [0.4, 0.5) is 0 Å². The van der Waals surface area contributed by atoms with Crippen LogP contribution in [-0.4, -0.2) is 32.9 Å². The molecule has 2 rings (SSSR count). The summed E-state index contributed by atoms with van der Waals surface area (Å²) in [7, 11) is 1.73. The fourth-order valence-corrected chi connectivity index (χ4v) is 2.44. The molecule has 1 atom stereocenters. The van der Waals surface area contributed by atoms with E-state index < -0.39 is 0 Å². The maximum atomic E-state index is 12.2. The van der Waals surface area contributed by atoms with Crippen LogP contribution < -0.4 is 10.9 Å². The lowest BCUT2D eigenvalue weighted by Crippen LogP contribution is -2.43. The van der Waals surface area contributed by atoms with Crippen LogP contribution in [0.3, 0.4) is 0 Å². The molecule has 1 aromatic heterocycles. The van der Waals surface area contributed by atoms with Crippen LogP contribution >= 0.6 is 0 Å². The first kappa shape index (κ1) is 15.7. The monoisotopic (exact) mass is 292 g/mol. The number of aryl methyl sites for hydroxylation is 1. The van der Waals surface area contributed by atoms with Crippen molar-refractivity contribution in [1.29, 1.82) is 0 Å². The van der Waals surface area contributed by atoms with E-state index in [1.54, 1.807) is 11.6 Å². The minimum absolute atomic E-state index is 0.00468. The van der Waals surface area contributed by atoms with Crippen LogP contribution in [-0.2, 0) is 24.9 Å². The number of amides is 1. The Morgan fingerprint density at radius 2 is 2.00 bits per heavy atom. The Morgan fingerprint density at radius 3 is 2.62 bits per heavy atom. The Labute approximate surface area is 125 Å². The smallest absolute Gasteiger partial charge is 0.258 e. The lowest BCUT2D eigenvalue weighted by atomic mass is 10.2. The van der Waals surface area contributed by atoms with Gasteiger partial charge in [-0.3, -0.25) is 19.1 Å². The predicted octanol–water partition coefficient (Wildman–Crippen LogP) is 0.565. The van der Waals surface area contributed by atoms with Crippen molar-refractivity contribution < 1.29 is 4.79 Å². The first-order valence-electron chi connectivity index (χ1n) is 7.38. The van der Waals surface area contributed by atoms with E-state index in [0.717, 1.165) is 5.69 Å². The molecular formula is C15H24N4O2. The van der Waals surface area contributed by atoms with E-state index in [-0.39, 0.29) is 17.5 Å². The highest BCUT2D eigenvalue weighted by Crippen LogP contribution is 2.20. The van der Waals surface area contributed by atoms with E-state index in [1.807, 2.05) is 18.7 Å². The summed E-state index contributed by atoms with van der Waals surface area (Å²) < 4.78 is 1.56. The van der Waals surface area contributed by atoms with Gasteiger partial charge in [0.25, 0.3) is 5.56 Å². The van der Waals surface area contributed by atoms with Gasteiger partial charge in [-0.05, 0) is 19.8 Å². The largest absolute Gasteiger partial charge is 0.354 e. The molecule has 1 amide bonds. The highest BCUT2D eigenvalue weighted by Gasteiger charge is 2.30. The summed E-state index contributed by atoms with van der Waals surface area (Å²) >= 11 is 0. The van der Waals surface area contributed by atoms with Crippen LogP contribution in [0.25, 0.3) is 0 Å². The molecule has 116 valence electrons. The molecule has 0 bridgehead atoms. The van der Waals surface area contributed by atoms with Gasteiger partial charge in [0.15, 0.2) is 0 Å².